The highest BCUT2D eigenvalue weighted by atomic mass is 79.9. The molecule has 100 valence electrons. The van der Waals surface area contributed by atoms with Crippen LogP contribution in [-0.2, 0) is 13.0 Å². The van der Waals surface area contributed by atoms with Gasteiger partial charge in [0.1, 0.15) is 0 Å². The summed E-state index contributed by atoms with van der Waals surface area (Å²) in [4.78, 5) is 12.9. The van der Waals surface area contributed by atoms with Crippen LogP contribution in [0.25, 0.3) is 0 Å². The molecule has 0 unspecified atom stereocenters. The van der Waals surface area contributed by atoms with Crippen LogP contribution in [0.5, 0.6) is 0 Å². The molecule has 2 aromatic rings. The number of nitrogens with one attached hydrogen (secondary N) is 1. The highest BCUT2D eigenvalue weighted by molar-refractivity contribution is 9.10. The molecule has 0 atom stereocenters. The van der Waals surface area contributed by atoms with Gasteiger partial charge >= 0.3 is 0 Å². The van der Waals surface area contributed by atoms with E-state index in [1.807, 2.05) is 0 Å². The molecule has 1 aromatic heterocycles. The fourth-order valence-electron chi connectivity index (χ4n) is 1.65. The first-order valence-electron chi connectivity index (χ1n) is 5.85. The zero-order valence-electron chi connectivity index (χ0n) is 10.4. The van der Waals surface area contributed by atoms with E-state index in [-0.39, 0.29) is 5.69 Å². The molecule has 0 bridgehead atoms. The highest BCUT2D eigenvalue weighted by Crippen LogP contribution is 2.28. The van der Waals surface area contributed by atoms with Crippen molar-refractivity contribution in [3.63, 3.8) is 0 Å². The molecule has 0 radical (unpaired) electrons. The number of nitro groups is 1. The zero-order valence-corrected chi connectivity index (χ0v) is 12.8. The largest absolute Gasteiger partial charge is 0.379 e. The lowest BCUT2D eigenvalue weighted by atomic mass is 10.3. The lowest BCUT2D eigenvalue weighted by Gasteiger charge is -2.07. The van der Waals surface area contributed by atoms with Crippen LogP contribution in [0.3, 0.4) is 0 Å². The van der Waals surface area contributed by atoms with Crippen LogP contribution in [0.2, 0.25) is 0 Å². The van der Waals surface area contributed by atoms with Crippen molar-refractivity contribution in [2.24, 2.45) is 0 Å². The molecule has 0 fully saturated rings. The smallest absolute Gasteiger partial charge is 0.270 e. The summed E-state index contributed by atoms with van der Waals surface area (Å²) < 4.78 is 0.703. The summed E-state index contributed by atoms with van der Waals surface area (Å²) in [6.45, 7) is 2.86. The molecular weight excluding hydrogens is 328 g/mol. The normalized spacial score (nSPS) is 10.4. The predicted octanol–water partition coefficient (Wildman–Crippen LogP) is 4.59. The molecule has 1 heterocycles. The van der Waals surface area contributed by atoms with E-state index in [9.17, 15) is 10.1 Å². The SMILES string of the molecule is CCc1ccc(CNc2ccc([N+](=O)[O-])cc2Br)s1. The average molecular weight is 341 g/mol. The fourth-order valence-corrected chi connectivity index (χ4v) is 3.06. The van der Waals surface area contributed by atoms with Crippen LogP contribution in [0.1, 0.15) is 16.7 Å². The number of non-ortho nitro benzene ring substituents is 1. The van der Waals surface area contributed by atoms with Gasteiger partial charge in [0, 0.05) is 38.6 Å². The van der Waals surface area contributed by atoms with Gasteiger partial charge in [0.2, 0.25) is 0 Å². The monoisotopic (exact) mass is 340 g/mol. The second-order valence-electron chi connectivity index (χ2n) is 4.00. The van der Waals surface area contributed by atoms with Crippen molar-refractivity contribution in [3.8, 4) is 0 Å². The van der Waals surface area contributed by atoms with Gasteiger partial charge in [-0.2, -0.15) is 0 Å². The minimum atomic E-state index is -0.401. The number of hydrogen-bond acceptors (Lipinski definition) is 4. The number of hydrogen-bond donors (Lipinski definition) is 1. The van der Waals surface area contributed by atoms with E-state index in [1.165, 1.54) is 21.9 Å². The Morgan fingerprint density at radius 1 is 1.32 bits per heavy atom. The number of nitro benzene ring substituents is 1. The summed E-state index contributed by atoms with van der Waals surface area (Å²) in [5, 5.41) is 13.9. The van der Waals surface area contributed by atoms with E-state index < -0.39 is 4.92 Å². The Morgan fingerprint density at radius 2 is 2.05 bits per heavy atom. The van der Waals surface area contributed by atoms with Gasteiger partial charge in [0.15, 0.2) is 0 Å². The van der Waals surface area contributed by atoms with E-state index in [0.717, 1.165) is 18.7 Å². The van der Waals surface area contributed by atoms with Gasteiger partial charge in [-0.3, -0.25) is 10.1 Å². The van der Waals surface area contributed by atoms with Gasteiger partial charge in [-0.1, -0.05) is 6.92 Å². The van der Waals surface area contributed by atoms with E-state index >= 15 is 0 Å². The molecule has 0 saturated carbocycles. The Balaban J connectivity index is 2.05. The fraction of sp³-hybridized carbons (Fsp3) is 0.231. The molecule has 4 nitrogen and oxygen atoms in total. The third-order valence-electron chi connectivity index (χ3n) is 2.68. The standard InChI is InChI=1S/C13H13BrN2O2S/c1-2-10-4-5-11(19-10)8-15-13-6-3-9(16(17)18)7-12(13)14/h3-7,15H,2,8H2,1H3. The lowest BCUT2D eigenvalue weighted by Crippen LogP contribution is -1.98. The number of anilines is 1. The first-order chi connectivity index (χ1) is 9.10. The number of benzene rings is 1. The molecule has 0 saturated heterocycles. The molecule has 6 heteroatoms. The molecule has 0 amide bonds. The Bertz CT molecular complexity index is 598. The molecule has 19 heavy (non-hydrogen) atoms. The van der Waals surface area contributed by atoms with Crippen molar-refractivity contribution in [2.45, 2.75) is 19.9 Å². The number of aryl methyl sites for hydroxylation is 1. The average Bonchev–Trinajstić information content (AvgIpc) is 2.85. The summed E-state index contributed by atoms with van der Waals surface area (Å²) >= 11 is 5.12. The number of thiophene rings is 1. The summed E-state index contributed by atoms with van der Waals surface area (Å²) in [6.07, 6.45) is 1.05. The molecule has 0 aliphatic heterocycles. The van der Waals surface area contributed by atoms with Crippen molar-refractivity contribution < 1.29 is 4.92 Å². The van der Waals surface area contributed by atoms with Gasteiger partial charge < -0.3 is 5.32 Å². The second kappa shape index (κ2) is 6.16. The quantitative estimate of drug-likeness (QED) is 0.639. The second-order valence-corrected chi connectivity index (χ2v) is 6.10. The molecule has 1 N–H and O–H groups in total. The molecular formula is C13H13BrN2O2S. The third-order valence-corrected chi connectivity index (χ3v) is 4.57. The minimum Gasteiger partial charge on any atom is -0.379 e. The summed E-state index contributed by atoms with van der Waals surface area (Å²) in [5.74, 6) is 0. The summed E-state index contributed by atoms with van der Waals surface area (Å²) in [7, 11) is 0. The van der Waals surface area contributed by atoms with Gasteiger partial charge in [-0.15, -0.1) is 11.3 Å². The van der Waals surface area contributed by atoms with Crippen molar-refractivity contribution in [3.05, 3.63) is 54.7 Å². The Hall–Kier alpha value is -1.40. The maximum Gasteiger partial charge on any atom is 0.270 e. The number of rotatable bonds is 5. The highest BCUT2D eigenvalue weighted by Gasteiger charge is 2.09. The maximum atomic E-state index is 10.6. The van der Waals surface area contributed by atoms with Gasteiger partial charge in [0.25, 0.3) is 5.69 Å². The maximum absolute atomic E-state index is 10.6. The molecule has 1 aromatic carbocycles. The minimum absolute atomic E-state index is 0.0850. The van der Waals surface area contributed by atoms with Gasteiger partial charge in [0.05, 0.1) is 4.92 Å². The Labute approximate surface area is 123 Å². The number of halogens is 1. The van der Waals surface area contributed by atoms with E-state index in [2.05, 4.69) is 40.3 Å². The van der Waals surface area contributed by atoms with Crippen LogP contribution < -0.4 is 5.32 Å². The van der Waals surface area contributed by atoms with Crippen LogP contribution in [0, 0.1) is 10.1 Å². The number of nitrogens with zero attached hydrogens (tertiary/aromatic N) is 1. The van der Waals surface area contributed by atoms with Crippen LogP contribution in [0.15, 0.2) is 34.8 Å². The van der Waals surface area contributed by atoms with Crippen molar-refractivity contribution in [2.75, 3.05) is 5.32 Å². The molecule has 2 rings (SSSR count). The lowest BCUT2D eigenvalue weighted by molar-refractivity contribution is -0.384. The van der Waals surface area contributed by atoms with E-state index in [1.54, 1.807) is 17.4 Å². The van der Waals surface area contributed by atoms with Gasteiger partial charge in [-0.05, 0) is 40.5 Å². The predicted molar refractivity (Wildman–Crippen MR) is 81.8 cm³/mol. The summed E-state index contributed by atoms with van der Waals surface area (Å²) in [5.41, 5.74) is 0.943. The topological polar surface area (TPSA) is 55.2 Å². The van der Waals surface area contributed by atoms with Crippen molar-refractivity contribution in [1.29, 1.82) is 0 Å². The Kier molecular flexibility index (Phi) is 4.55. The first kappa shape index (κ1) is 14.0. The van der Waals surface area contributed by atoms with Gasteiger partial charge in [-0.25, -0.2) is 0 Å². The van der Waals surface area contributed by atoms with Crippen LogP contribution in [-0.4, -0.2) is 4.92 Å². The van der Waals surface area contributed by atoms with Crippen molar-refractivity contribution >= 4 is 38.6 Å². The third kappa shape index (κ3) is 3.54. The molecule has 0 spiro atoms. The summed E-state index contributed by atoms with van der Waals surface area (Å²) in [6, 6.07) is 8.96. The van der Waals surface area contributed by atoms with Crippen molar-refractivity contribution in [1.82, 2.24) is 0 Å². The van der Waals surface area contributed by atoms with Crippen LogP contribution >= 0.6 is 27.3 Å². The zero-order chi connectivity index (χ0) is 13.8. The Morgan fingerprint density at radius 3 is 2.63 bits per heavy atom. The molecule has 0 aliphatic rings. The molecule has 0 aliphatic carbocycles. The van der Waals surface area contributed by atoms with E-state index in [4.69, 9.17) is 0 Å². The first-order valence-corrected chi connectivity index (χ1v) is 7.46. The van der Waals surface area contributed by atoms with E-state index in [0.29, 0.717) is 4.47 Å². The van der Waals surface area contributed by atoms with Crippen LogP contribution in [0.4, 0.5) is 11.4 Å².